The van der Waals surface area contributed by atoms with Gasteiger partial charge in [-0.1, -0.05) is 0 Å². The van der Waals surface area contributed by atoms with Crippen molar-refractivity contribution in [3.63, 3.8) is 0 Å². The van der Waals surface area contributed by atoms with E-state index in [1.165, 1.54) is 48.5 Å². The smallest absolute Gasteiger partial charge is 0.258 e. The van der Waals surface area contributed by atoms with Crippen LogP contribution in [0.2, 0.25) is 5.22 Å². The van der Waals surface area contributed by atoms with E-state index in [-0.39, 0.29) is 17.3 Å². The van der Waals surface area contributed by atoms with Gasteiger partial charge in [0.2, 0.25) is 11.1 Å². The maximum Gasteiger partial charge on any atom is 0.258 e. The van der Waals surface area contributed by atoms with Gasteiger partial charge in [-0.2, -0.15) is 0 Å². The average Bonchev–Trinajstić information content (AvgIpc) is 2.86. The molecular formula is C14H12ClFN2O3. The summed E-state index contributed by atoms with van der Waals surface area (Å²) in [6.45, 7) is -0.169. The lowest BCUT2D eigenvalue weighted by Crippen LogP contribution is -2.34. The quantitative estimate of drug-likeness (QED) is 0.944. The minimum Gasteiger partial charge on any atom is -0.452 e. The van der Waals surface area contributed by atoms with E-state index in [0.29, 0.717) is 5.69 Å². The third-order valence-electron chi connectivity index (χ3n) is 2.70. The van der Waals surface area contributed by atoms with Crippen LogP contribution in [-0.2, 0) is 4.79 Å². The topological polar surface area (TPSA) is 62.6 Å². The lowest BCUT2D eigenvalue weighted by Gasteiger charge is -2.16. The van der Waals surface area contributed by atoms with Gasteiger partial charge in [-0.15, -0.1) is 0 Å². The highest BCUT2D eigenvalue weighted by atomic mass is 35.5. The van der Waals surface area contributed by atoms with Gasteiger partial charge in [0, 0.05) is 12.7 Å². The maximum atomic E-state index is 12.7. The molecule has 21 heavy (non-hydrogen) atoms. The number of amides is 2. The average molecular weight is 311 g/mol. The molecule has 5 nitrogen and oxygen atoms in total. The number of furan rings is 1. The second kappa shape index (κ2) is 6.41. The van der Waals surface area contributed by atoms with Crippen LogP contribution in [0.1, 0.15) is 10.4 Å². The SMILES string of the molecule is CN(CC(=O)Nc1ccc(F)cc1)C(=O)c1ccoc1Cl. The minimum atomic E-state index is -0.428. The van der Waals surface area contributed by atoms with Crippen molar-refractivity contribution >= 4 is 29.1 Å². The van der Waals surface area contributed by atoms with Gasteiger partial charge in [0.25, 0.3) is 5.91 Å². The molecule has 110 valence electrons. The van der Waals surface area contributed by atoms with Crippen LogP contribution >= 0.6 is 11.6 Å². The first-order valence-electron chi connectivity index (χ1n) is 6.01. The van der Waals surface area contributed by atoms with Crippen molar-refractivity contribution in [1.29, 1.82) is 0 Å². The van der Waals surface area contributed by atoms with Gasteiger partial charge >= 0.3 is 0 Å². The number of hydrogen-bond acceptors (Lipinski definition) is 3. The van der Waals surface area contributed by atoms with E-state index in [2.05, 4.69) is 5.32 Å². The summed E-state index contributed by atoms with van der Waals surface area (Å²) >= 11 is 5.71. The summed E-state index contributed by atoms with van der Waals surface area (Å²) in [4.78, 5) is 25.0. The molecular weight excluding hydrogens is 299 g/mol. The van der Waals surface area contributed by atoms with Gasteiger partial charge in [0.1, 0.15) is 5.82 Å². The molecule has 0 fully saturated rings. The first-order chi connectivity index (χ1) is 9.97. The Labute approximate surface area is 125 Å². The Kier molecular flexibility index (Phi) is 4.59. The van der Waals surface area contributed by atoms with E-state index in [4.69, 9.17) is 16.0 Å². The fraction of sp³-hybridized carbons (Fsp3) is 0.143. The normalized spacial score (nSPS) is 10.2. The van der Waals surface area contributed by atoms with E-state index in [9.17, 15) is 14.0 Å². The minimum absolute atomic E-state index is 0.0224. The molecule has 0 aliphatic carbocycles. The number of halogens is 2. The molecule has 2 rings (SSSR count). The highest BCUT2D eigenvalue weighted by Crippen LogP contribution is 2.18. The molecule has 1 heterocycles. The van der Waals surface area contributed by atoms with Crippen LogP contribution in [0.25, 0.3) is 0 Å². The highest BCUT2D eigenvalue weighted by Gasteiger charge is 2.19. The third kappa shape index (κ3) is 3.82. The van der Waals surface area contributed by atoms with E-state index in [1.54, 1.807) is 0 Å². The standard InChI is InChI=1S/C14H12ClFN2O3/c1-18(14(20)11-6-7-21-13(11)15)8-12(19)17-10-4-2-9(16)3-5-10/h2-7H,8H2,1H3,(H,17,19). The van der Waals surface area contributed by atoms with Crippen LogP contribution in [0.5, 0.6) is 0 Å². The zero-order valence-electron chi connectivity index (χ0n) is 11.1. The summed E-state index contributed by atoms with van der Waals surface area (Å²) in [7, 11) is 1.47. The molecule has 0 saturated heterocycles. The fourth-order valence-electron chi connectivity index (χ4n) is 1.67. The molecule has 1 aromatic carbocycles. The van der Waals surface area contributed by atoms with E-state index in [0.717, 1.165) is 0 Å². The second-order valence-corrected chi connectivity index (χ2v) is 4.67. The van der Waals surface area contributed by atoms with Crippen molar-refractivity contribution in [2.24, 2.45) is 0 Å². The summed E-state index contributed by atoms with van der Waals surface area (Å²) in [6, 6.07) is 6.76. The van der Waals surface area contributed by atoms with Gasteiger partial charge < -0.3 is 14.6 Å². The number of carbonyl (C=O) groups is 2. The third-order valence-corrected chi connectivity index (χ3v) is 3.00. The molecule has 0 radical (unpaired) electrons. The van der Waals surface area contributed by atoms with Crippen LogP contribution in [0.4, 0.5) is 10.1 Å². The van der Waals surface area contributed by atoms with Crippen molar-refractivity contribution in [3.8, 4) is 0 Å². The Morgan fingerprint density at radius 3 is 2.52 bits per heavy atom. The number of nitrogens with zero attached hydrogens (tertiary/aromatic N) is 1. The predicted octanol–water partition coefficient (Wildman–Crippen LogP) is 2.78. The number of carbonyl (C=O) groups excluding carboxylic acids is 2. The van der Waals surface area contributed by atoms with Crippen LogP contribution in [-0.4, -0.2) is 30.3 Å². The molecule has 2 amide bonds. The number of nitrogens with one attached hydrogen (secondary N) is 1. The highest BCUT2D eigenvalue weighted by molar-refractivity contribution is 6.32. The van der Waals surface area contributed by atoms with Crippen LogP contribution in [0, 0.1) is 5.82 Å². The second-order valence-electron chi connectivity index (χ2n) is 4.32. The zero-order valence-corrected chi connectivity index (χ0v) is 11.9. The van der Waals surface area contributed by atoms with E-state index < -0.39 is 17.6 Å². The molecule has 7 heteroatoms. The number of benzene rings is 1. The summed E-state index contributed by atoms with van der Waals surface area (Å²) in [6.07, 6.45) is 1.29. The van der Waals surface area contributed by atoms with Crippen molar-refractivity contribution < 1.29 is 18.4 Å². The molecule has 2 aromatic rings. The Morgan fingerprint density at radius 2 is 1.95 bits per heavy atom. The molecule has 0 aliphatic rings. The first kappa shape index (κ1) is 15.1. The van der Waals surface area contributed by atoms with E-state index in [1.807, 2.05) is 0 Å². The van der Waals surface area contributed by atoms with Gasteiger partial charge in [-0.05, 0) is 41.9 Å². The number of hydrogen-bond donors (Lipinski definition) is 1. The Hall–Kier alpha value is -2.34. The van der Waals surface area contributed by atoms with E-state index >= 15 is 0 Å². The van der Waals surface area contributed by atoms with Gasteiger partial charge in [-0.3, -0.25) is 9.59 Å². The van der Waals surface area contributed by atoms with Crippen molar-refractivity contribution in [2.45, 2.75) is 0 Å². The van der Waals surface area contributed by atoms with Gasteiger partial charge in [0.15, 0.2) is 0 Å². The molecule has 0 atom stereocenters. The Morgan fingerprint density at radius 1 is 1.29 bits per heavy atom. The molecule has 0 unspecified atom stereocenters. The van der Waals surface area contributed by atoms with Crippen LogP contribution < -0.4 is 5.32 Å². The number of anilines is 1. The van der Waals surface area contributed by atoms with Crippen molar-refractivity contribution in [1.82, 2.24) is 4.90 Å². The van der Waals surface area contributed by atoms with Gasteiger partial charge in [-0.25, -0.2) is 4.39 Å². The largest absolute Gasteiger partial charge is 0.452 e. The fourth-order valence-corrected chi connectivity index (χ4v) is 1.87. The molecule has 1 aromatic heterocycles. The summed E-state index contributed by atoms with van der Waals surface area (Å²) < 4.78 is 17.6. The van der Waals surface area contributed by atoms with Crippen LogP contribution in [0.15, 0.2) is 41.0 Å². The van der Waals surface area contributed by atoms with Crippen molar-refractivity contribution in [2.75, 3.05) is 18.9 Å². The number of rotatable bonds is 4. The predicted molar refractivity (Wildman–Crippen MR) is 75.7 cm³/mol. The monoisotopic (exact) mass is 310 g/mol. The first-order valence-corrected chi connectivity index (χ1v) is 6.39. The molecule has 0 spiro atoms. The lowest BCUT2D eigenvalue weighted by atomic mass is 10.3. The molecule has 0 aliphatic heterocycles. The maximum absolute atomic E-state index is 12.7. The van der Waals surface area contributed by atoms with Crippen LogP contribution in [0.3, 0.4) is 0 Å². The summed E-state index contributed by atoms with van der Waals surface area (Å²) in [5.74, 6) is -1.23. The lowest BCUT2D eigenvalue weighted by molar-refractivity contribution is -0.116. The van der Waals surface area contributed by atoms with Crippen molar-refractivity contribution in [3.05, 3.63) is 53.2 Å². The summed E-state index contributed by atoms with van der Waals surface area (Å²) in [5, 5.41) is 2.54. The summed E-state index contributed by atoms with van der Waals surface area (Å²) in [5.41, 5.74) is 0.636. The van der Waals surface area contributed by atoms with Gasteiger partial charge in [0.05, 0.1) is 18.4 Å². The molecule has 1 N–H and O–H groups in total. The zero-order chi connectivity index (χ0) is 15.4. The number of likely N-dealkylation sites (N-methyl/N-ethyl adjacent to an activating group) is 1. The molecule has 0 saturated carbocycles. The Bertz CT molecular complexity index is 654. The Balaban J connectivity index is 1.94. The molecule has 0 bridgehead atoms.